The summed E-state index contributed by atoms with van der Waals surface area (Å²) < 4.78 is 11.7. The molecule has 4 rings (SSSR count). The normalized spacial score (nSPS) is 17.0. The predicted molar refractivity (Wildman–Crippen MR) is 122 cm³/mol. The van der Waals surface area contributed by atoms with E-state index in [0.29, 0.717) is 46.7 Å². The van der Waals surface area contributed by atoms with Gasteiger partial charge >= 0.3 is 0 Å². The largest absolute Gasteiger partial charge is 0.480 e. The van der Waals surface area contributed by atoms with Crippen LogP contribution < -0.4 is 15.9 Å². The number of nitrogens with zero attached hydrogens (tertiary/aromatic N) is 2. The van der Waals surface area contributed by atoms with Gasteiger partial charge < -0.3 is 19.8 Å². The minimum Gasteiger partial charge on any atom is -0.480 e. The number of nitrogens with two attached hydrogens (primary N) is 1. The Morgan fingerprint density at radius 3 is 2.84 bits per heavy atom. The Hall–Kier alpha value is -3.20. The Morgan fingerprint density at radius 2 is 2.19 bits per heavy atom. The topological polar surface area (TPSA) is 116 Å². The number of carbonyl (C=O) groups excluding carboxylic acids is 2. The Kier molecular flexibility index (Phi) is 6.01. The maximum absolute atomic E-state index is 13.1. The summed E-state index contributed by atoms with van der Waals surface area (Å²) in [5, 5.41) is 2.94. The van der Waals surface area contributed by atoms with Gasteiger partial charge in [0.1, 0.15) is 28.6 Å². The summed E-state index contributed by atoms with van der Waals surface area (Å²) in [7, 11) is 0. The fraction of sp³-hybridized carbons (Fsp3) is 0.391. The molecular weight excluding hydrogens is 430 g/mol. The monoisotopic (exact) mass is 455 g/mol. The number of primary amides is 1. The van der Waals surface area contributed by atoms with E-state index < -0.39 is 18.1 Å². The smallest absolute Gasteiger partial charge is 0.264 e. The number of likely N-dealkylation sites (tertiary alicyclic amines) is 1. The second-order valence-corrected chi connectivity index (χ2v) is 8.79. The van der Waals surface area contributed by atoms with Crippen LogP contribution in [0.25, 0.3) is 21.5 Å². The first-order valence-electron chi connectivity index (χ1n) is 10.6. The molecule has 0 bridgehead atoms. The highest BCUT2D eigenvalue weighted by Gasteiger charge is 2.35. The van der Waals surface area contributed by atoms with Crippen LogP contribution in [0.1, 0.15) is 37.9 Å². The van der Waals surface area contributed by atoms with E-state index in [4.69, 9.17) is 14.9 Å². The van der Waals surface area contributed by atoms with E-state index in [1.807, 2.05) is 19.2 Å². The number of hydrogen-bond donors (Lipinski definition) is 1. The Labute approximate surface area is 189 Å². The van der Waals surface area contributed by atoms with Crippen molar-refractivity contribution in [2.75, 3.05) is 6.54 Å². The van der Waals surface area contributed by atoms with E-state index >= 15 is 0 Å². The van der Waals surface area contributed by atoms with Gasteiger partial charge in [-0.05, 0) is 44.7 Å². The molecule has 9 heteroatoms. The van der Waals surface area contributed by atoms with Gasteiger partial charge in [0.25, 0.3) is 5.91 Å². The molecule has 3 aromatic rings. The molecule has 0 aliphatic carbocycles. The molecule has 1 aromatic carbocycles. The minimum atomic E-state index is -0.818. The number of benzene rings is 1. The quantitative estimate of drug-likeness (QED) is 0.611. The maximum Gasteiger partial charge on any atom is 0.264 e. The van der Waals surface area contributed by atoms with E-state index in [-0.39, 0.29) is 11.3 Å². The summed E-state index contributed by atoms with van der Waals surface area (Å²) in [6.45, 7) is 5.94. The molecule has 1 aliphatic rings. The molecular formula is C23H25N3O5S. The second kappa shape index (κ2) is 8.74. The number of amides is 2. The van der Waals surface area contributed by atoms with Crippen LogP contribution in [0.15, 0.2) is 33.0 Å². The zero-order chi connectivity index (χ0) is 23.0. The lowest BCUT2D eigenvalue weighted by Crippen LogP contribution is -2.48. The maximum atomic E-state index is 13.1. The number of hydrogen-bond acceptors (Lipinski definition) is 7. The number of fused-ring (bicyclic) bond motifs is 1. The van der Waals surface area contributed by atoms with Crippen molar-refractivity contribution in [3.05, 3.63) is 45.3 Å². The van der Waals surface area contributed by atoms with Crippen LogP contribution >= 0.6 is 11.3 Å². The van der Waals surface area contributed by atoms with Gasteiger partial charge in [-0.15, -0.1) is 11.3 Å². The van der Waals surface area contributed by atoms with Crippen molar-refractivity contribution < 1.29 is 18.7 Å². The number of carbonyl (C=O) groups is 2. The Morgan fingerprint density at radius 1 is 1.41 bits per heavy atom. The fourth-order valence-electron chi connectivity index (χ4n) is 4.01. The summed E-state index contributed by atoms with van der Waals surface area (Å²) in [5.41, 5.74) is 7.69. The predicted octanol–water partition coefficient (Wildman–Crippen LogP) is 3.03. The van der Waals surface area contributed by atoms with E-state index in [9.17, 15) is 14.4 Å². The number of ether oxygens (including phenoxy) is 1. The van der Waals surface area contributed by atoms with Crippen LogP contribution in [0.3, 0.4) is 0 Å². The lowest BCUT2D eigenvalue weighted by molar-refractivity contribution is -0.142. The van der Waals surface area contributed by atoms with E-state index in [2.05, 4.69) is 4.98 Å². The fourth-order valence-corrected chi connectivity index (χ4v) is 4.81. The molecule has 32 heavy (non-hydrogen) atoms. The first-order chi connectivity index (χ1) is 15.3. The van der Waals surface area contributed by atoms with Crippen LogP contribution in [0.5, 0.6) is 5.75 Å². The number of aromatic nitrogens is 1. The summed E-state index contributed by atoms with van der Waals surface area (Å²) in [6.07, 6.45) is 2.49. The third-order valence-electron chi connectivity index (χ3n) is 5.70. The van der Waals surface area contributed by atoms with Crippen molar-refractivity contribution in [1.29, 1.82) is 0 Å². The third kappa shape index (κ3) is 4.00. The van der Waals surface area contributed by atoms with Crippen molar-refractivity contribution in [2.45, 2.75) is 52.2 Å². The Bertz CT molecular complexity index is 1250. The number of thiazole rings is 1. The second-order valence-electron chi connectivity index (χ2n) is 7.93. The van der Waals surface area contributed by atoms with Gasteiger partial charge in [-0.25, -0.2) is 4.98 Å². The van der Waals surface area contributed by atoms with Gasteiger partial charge in [0.2, 0.25) is 11.3 Å². The highest BCUT2D eigenvalue weighted by molar-refractivity contribution is 7.13. The van der Waals surface area contributed by atoms with Crippen molar-refractivity contribution in [1.82, 2.24) is 9.88 Å². The standard InChI is InChI=1S/C23H25N3O5S/c1-4-14-8-15-19(30-10-16(20(15)27)22-25-12(2)11-32-22)9-18(14)31-13(3)23(29)26-7-5-6-17(26)21(24)28/h8-11,13,17H,4-7H2,1-3H3,(H2,24,28)/t13-,17+/m0/s1. The average Bonchev–Trinajstić information content (AvgIpc) is 3.42. The van der Waals surface area contributed by atoms with Gasteiger partial charge in [0.05, 0.1) is 10.9 Å². The van der Waals surface area contributed by atoms with Crippen molar-refractivity contribution in [3.63, 3.8) is 0 Å². The van der Waals surface area contributed by atoms with Gasteiger partial charge in [-0.1, -0.05) is 6.92 Å². The molecule has 1 saturated heterocycles. The summed E-state index contributed by atoms with van der Waals surface area (Å²) in [5.74, 6) is -0.322. The highest BCUT2D eigenvalue weighted by Crippen LogP contribution is 2.29. The van der Waals surface area contributed by atoms with Gasteiger partial charge in [0, 0.05) is 23.7 Å². The van der Waals surface area contributed by atoms with Crippen LogP contribution in [-0.2, 0) is 16.0 Å². The molecule has 8 nitrogen and oxygen atoms in total. The first kappa shape index (κ1) is 22.0. The third-order valence-corrected chi connectivity index (χ3v) is 6.70. The molecule has 1 fully saturated rings. The molecule has 2 amide bonds. The molecule has 2 aromatic heterocycles. The van der Waals surface area contributed by atoms with Gasteiger partial charge in [-0.3, -0.25) is 14.4 Å². The van der Waals surface area contributed by atoms with Crippen LogP contribution in [0.2, 0.25) is 0 Å². The van der Waals surface area contributed by atoms with Crippen LogP contribution in [0.4, 0.5) is 0 Å². The van der Waals surface area contributed by atoms with Crippen LogP contribution in [0, 0.1) is 6.92 Å². The molecule has 0 radical (unpaired) electrons. The average molecular weight is 456 g/mol. The summed E-state index contributed by atoms with van der Waals surface area (Å²) >= 11 is 1.39. The molecule has 0 spiro atoms. The van der Waals surface area contributed by atoms with Gasteiger partial charge in [0.15, 0.2) is 6.10 Å². The summed E-state index contributed by atoms with van der Waals surface area (Å²) in [6, 6.07) is 2.80. The SMILES string of the molecule is CCc1cc2c(=O)c(-c3nc(C)cs3)coc2cc1O[C@@H](C)C(=O)N1CCC[C@@H]1C(N)=O. The molecule has 2 N–H and O–H groups in total. The zero-order valence-corrected chi connectivity index (χ0v) is 19.0. The lowest BCUT2D eigenvalue weighted by atomic mass is 10.1. The minimum absolute atomic E-state index is 0.160. The summed E-state index contributed by atoms with van der Waals surface area (Å²) in [4.78, 5) is 43.5. The molecule has 0 unspecified atom stereocenters. The lowest BCUT2D eigenvalue weighted by Gasteiger charge is -2.26. The zero-order valence-electron chi connectivity index (χ0n) is 18.2. The van der Waals surface area contributed by atoms with Crippen molar-refractivity contribution >= 4 is 34.1 Å². The van der Waals surface area contributed by atoms with E-state index in [1.165, 1.54) is 22.5 Å². The van der Waals surface area contributed by atoms with E-state index in [0.717, 1.165) is 17.7 Å². The Balaban J connectivity index is 1.65. The number of rotatable bonds is 6. The molecule has 168 valence electrons. The highest BCUT2D eigenvalue weighted by atomic mass is 32.1. The molecule has 1 aliphatic heterocycles. The van der Waals surface area contributed by atoms with Crippen molar-refractivity contribution in [2.24, 2.45) is 5.73 Å². The first-order valence-corrected chi connectivity index (χ1v) is 11.5. The molecule has 3 heterocycles. The van der Waals surface area contributed by atoms with Crippen molar-refractivity contribution in [3.8, 4) is 16.3 Å². The van der Waals surface area contributed by atoms with Gasteiger partial charge in [-0.2, -0.15) is 0 Å². The van der Waals surface area contributed by atoms with Crippen LogP contribution in [-0.4, -0.2) is 40.4 Å². The molecule has 2 atom stereocenters. The van der Waals surface area contributed by atoms with E-state index in [1.54, 1.807) is 19.1 Å². The molecule has 0 saturated carbocycles. The number of aryl methyl sites for hydroxylation is 2.